The highest BCUT2D eigenvalue weighted by Gasteiger charge is 2.25. The molecule has 1 saturated heterocycles. The van der Waals surface area contributed by atoms with Gasteiger partial charge in [-0.25, -0.2) is 4.98 Å². The monoisotopic (exact) mass is 403 g/mol. The maximum absolute atomic E-state index is 11.9. The molecule has 1 aromatic carbocycles. The Hall–Kier alpha value is -2.86. The number of hydrogen-bond acceptors (Lipinski definition) is 4. The second kappa shape index (κ2) is 7.43. The van der Waals surface area contributed by atoms with E-state index in [1.165, 1.54) is 30.5 Å². The van der Waals surface area contributed by atoms with E-state index in [-0.39, 0.29) is 5.91 Å². The number of likely N-dealkylation sites (tertiary alicyclic amines) is 1. The zero-order valence-electron chi connectivity index (χ0n) is 17.8. The minimum Gasteiger partial charge on any atom is -0.398 e. The van der Waals surface area contributed by atoms with Crippen molar-refractivity contribution in [2.75, 3.05) is 23.7 Å². The maximum Gasteiger partial charge on any atom is 0.223 e. The third-order valence-electron chi connectivity index (χ3n) is 6.66. The lowest BCUT2D eigenvalue weighted by Gasteiger charge is -2.33. The van der Waals surface area contributed by atoms with E-state index in [9.17, 15) is 4.79 Å². The molecule has 4 heterocycles. The fourth-order valence-electron chi connectivity index (χ4n) is 4.95. The van der Waals surface area contributed by atoms with Crippen LogP contribution in [0.4, 0.5) is 11.4 Å². The summed E-state index contributed by atoms with van der Waals surface area (Å²) in [5.41, 5.74) is 13.3. The quantitative estimate of drug-likeness (QED) is 0.721. The summed E-state index contributed by atoms with van der Waals surface area (Å²) in [6.45, 7) is 6.69. The third kappa shape index (κ3) is 3.25. The van der Waals surface area contributed by atoms with Crippen LogP contribution in [0.15, 0.2) is 36.5 Å². The fraction of sp³-hybridized carbons (Fsp3) is 0.417. The van der Waals surface area contributed by atoms with Crippen molar-refractivity contribution in [2.45, 2.75) is 52.1 Å². The van der Waals surface area contributed by atoms with Gasteiger partial charge in [-0.15, -0.1) is 0 Å². The molecule has 0 saturated carbocycles. The number of imidazole rings is 1. The molecular weight excluding hydrogens is 374 g/mol. The average Bonchev–Trinajstić information content (AvgIpc) is 3.31. The maximum atomic E-state index is 11.9. The Morgan fingerprint density at radius 3 is 2.87 bits per heavy atom. The molecule has 2 aliphatic rings. The summed E-state index contributed by atoms with van der Waals surface area (Å²) in [5, 5.41) is 0. The Morgan fingerprint density at radius 2 is 2.07 bits per heavy atom. The van der Waals surface area contributed by atoms with Gasteiger partial charge in [0.15, 0.2) is 0 Å². The number of nitrogen functional groups attached to an aromatic ring is 1. The largest absolute Gasteiger partial charge is 0.398 e. The van der Waals surface area contributed by atoms with Crippen molar-refractivity contribution in [1.82, 2.24) is 14.3 Å². The third-order valence-corrected chi connectivity index (χ3v) is 6.66. The van der Waals surface area contributed by atoms with Crippen molar-refractivity contribution in [1.29, 1.82) is 0 Å². The molecule has 1 amide bonds. The Labute approximate surface area is 177 Å². The second-order valence-electron chi connectivity index (χ2n) is 8.68. The molecule has 2 aromatic heterocycles. The summed E-state index contributed by atoms with van der Waals surface area (Å²) in [7, 11) is 0. The number of anilines is 2. The van der Waals surface area contributed by atoms with Crippen molar-refractivity contribution in [3.8, 4) is 11.3 Å². The van der Waals surface area contributed by atoms with Crippen molar-refractivity contribution >= 4 is 22.9 Å². The van der Waals surface area contributed by atoms with Crippen LogP contribution >= 0.6 is 0 Å². The van der Waals surface area contributed by atoms with Crippen LogP contribution in [-0.4, -0.2) is 39.3 Å². The molecule has 1 unspecified atom stereocenters. The Balaban J connectivity index is 1.60. The van der Waals surface area contributed by atoms with Gasteiger partial charge in [-0.1, -0.05) is 12.5 Å². The number of nitrogens with two attached hydrogens (primary N) is 1. The molecule has 0 bridgehead atoms. The number of carbonyl (C=O) groups excluding carboxylic acids is 1. The van der Waals surface area contributed by atoms with Gasteiger partial charge in [0, 0.05) is 49.2 Å². The Morgan fingerprint density at radius 1 is 1.20 bits per heavy atom. The number of nitrogens with zero attached hydrogens (tertiary/aromatic N) is 4. The van der Waals surface area contributed by atoms with Crippen LogP contribution in [0.5, 0.6) is 0 Å². The van der Waals surface area contributed by atoms with Gasteiger partial charge in [-0.2, -0.15) is 0 Å². The topological polar surface area (TPSA) is 66.9 Å². The van der Waals surface area contributed by atoms with E-state index in [0.29, 0.717) is 6.04 Å². The number of pyridine rings is 1. The Kier molecular flexibility index (Phi) is 4.74. The lowest BCUT2D eigenvalue weighted by molar-refractivity contribution is -0.116. The molecule has 6 nitrogen and oxygen atoms in total. The number of carbonyl (C=O) groups is 1. The first-order valence-electron chi connectivity index (χ1n) is 10.9. The SMILES string of the molecule is CC(=O)N1CCc2cc(-c3nc4ccc(N)cn4c3CN3CCCCC3C)ccc21. The lowest BCUT2D eigenvalue weighted by atomic mass is 10.0. The van der Waals surface area contributed by atoms with E-state index in [1.54, 1.807) is 6.92 Å². The molecule has 0 radical (unpaired) electrons. The number of amides is 1. The van der Waals surface area contributed by atoms with Crippen LogP contribution in [0.2, 0.25) is 0 Å². The number of rotatable bonds is 3. The van der Waals surface area contributed by atoms with Crippen LogP contribution in [0.3, 0.4) is 0 Å². The summed E-state index contributed by atoms with van der Waals surface area (Å²) in [5.74, 6) is 0.101. The van der Waals surface area contributed by atoms with Gasteiger partial charge in [0.25, 0.3) is 0 Å². The van der Waals surface area contributed by atoms with Crippen LogP contribution in [0.1, 0.15) is 44.4 Å². The van der Waals surface area contributed by atoms with Crippen molar-refractivity contribution < 1.29 is 4.79 Å². The average molecular weight is 404 g/mol. The summed E-state index contributed by atoms with van der Waals surface area (Å²) in [4.78, 5) is 21.3. The van der Waals surface area contributed by atoms with E-state index >= 15 is 0 Å². The van der Waals surface area contributed by atoms with E-state index in [1.807, 2.05) is 23.2 Å². The van der Waals surface area contributed by atoms with E-state index in [4.69, 9.17) is 10.7 Å². The predicted octanol–water partition coefficient (Wildman–Crippen LogP) is 3.87. The molecule has 6 heteroatoms. The summed E-state index contributed by atoms with van der Waals surface area (Å²) >= 11 is 0. The van der Waals surface area contributed by atoms with E-state index in [0.717, 1.165) is 54.3 Å². The first-order chi connectivity index (χ1) is 14.5. The van der Waals surface area contributed by atoms with Gasteiger partial charge in [0.05, 0.1) is 11.4 Å². The van der Waals surface area contributed by atoms with Crippen LogP contribution < -0.4 is 10.6 Å². The van der Waals surface area contributed by atoms with Gasteiger partial charge >= 0.3 is 0 Å². The highest BCUT2D eigenvalue weighted by Crippen LogP contribution is 2.34. The minimum absolute atomic E-state index is 0.101. The number of aromatic nitrogens is 2. The summed E-state index contributed by atoms with van der Waals surface area (Å²) in [6.07, 6.45) is 6.68. The molecular formula is C24H29N5O. The number of hydrogen-bond donors (Lipinski definition) is 1. The molecule has 156 valence electrons. The van der Waals surface area contributed by atoms with Gasteiger partial charge in [-0.05, 0) is 62.6 Å². The molecule has 2 N–H and O–H groups in total. The summed E-state index contributed by atoms with van der Waals surface area (Å²) < 4.78 is 2.15. The van der Waals surface area contributed by atoms with Gasteiger partial charge < -0.3 is 15.0 Å². The number of fused-ring (bicyclic) bond motifs is 2. The fourth-order valence-corrected chi connectivity index (χ4v) is 4.95. The van der Waals surface area contributed by atoms with Crippen LogP contribution in [-0.2, 0) is 17.8 Å². The molecule has 2 aliphatic heterocycles. The zero-order valence-corrected chi connectivity index (χ0v) is 17.8. The minimum atomic E-state index is 0.101. The molecule has 0 spiro atoms. The Bertz CT molecular complexity index is 1120. The normalized spacial score (nSPS) is 19.4. The van der Waals surface area contributed by atoms with Crippen LogP contribution in [0.25, 0.3) is 16.9 Å². The first kappa shape index (κ1) is 19.1. The second-order valence-corrected chi connectivity index (χ2v) is 8.68. The molecule has 0 aliphatic carbocycles. The van der Waals surface area contributed by atoms with Gasteiger partial charge in [0.2, 0.25) is 5.91 Å². The van der Waals surface area contributed by atoms with E-state index in [2.05, 4.69) is 34.4 Å². The van der Waals surface area contributed by atoms with Gasteiger partial charge in [0.1, 0.15) is 5.65 Å². The van der Waals surface area contributed by atoms with Crippen molar-refractivity contribution in [3.63, 3.8) is 0 Å². The number of piperidine rings is 1. The number of benzene rings is 1. The lowest BCUT2D eigenvalue weighted by Crippen LogP contribution is -2.37. The highest BCUT2D eigenvalue weighted by molar-refractivity contribution is 5.94. The van der Waals surface area contributed by atoms with Crippen molar-refractivity contribution in [2.24, 2.45) is 0 Å². The highest BCUT2D eigenvalue weighted by atomic mass is 16.2. The smallest absolute Gasteiger partial charge is 0.223 e. The summed E-state index contributed by atoms with van der Waals surface area (Å²) in [6, 6.07) is 10.9. The van der Waals surface area contributed by atoms with Crippen LogP contribution in [0, 0.1) is 0 Å². The molecule has 5 rings (SSSR count). The van der Waals surface area contributed by atoms with Crippen molar-refractivity contribution in [3.05, 3.63) is 47.8 Å². The molecule has 1 fully saturated rings. The standard InChI is InChI=1S/C24H29N5O/c1-16-5-3-4-11-27(16)15-22-24(26-23-9-7-20(25)14-29(22)23)19-6-8-21-18(13-19)10-12-28(21)17(2)30/h6-9,13-14,16H,3-5,10-12,15,25H2,1-2H3. The molecule has 3 aromatic rings. The molecule has 1 atom stereocenters. The zero-order chi connectivity index (χ0) is 20.8. The van der Waals surface area contributed by atoms with Gasteiger partial charge in [-0.3, -0.25) is 9.69 Å². The predicted molar refractivity (Wildman–Crippen MR) is 120 cm³/mol. The first-order valence-corrected chi connectivity index (χ1v) is 10.9. The molecule has 30 heavy (non-hydrogen) atoms. The van der Waals surface area contributed by atoms with E-state index < -0.39 is 0 Å².